The number of carboxylic acids is 1. The van der Waals surface area contributed by atoms with E-state index < -0.39 is 5.97 Å². The van der Waals surface area contributed by atoms with Crippen LogP contribution in [0.5, 0.6) is 0 Å². The van der Waals surface area contributed by atoms with E-state index in [9.17, 15) is 4.79 Å². The van der Waals surface area contributed by atoms with E-state index in [0.717, 1.165) is 0 Å². The van der Waals surface area contributed by atoms with E-state index in [-0.39, 0.29) is 6.54 Å². The van der Waals surface area contributed by atoms with Gasteiger partial charge in [-0.15, -0.1) is 0 Å². The Hall–Kier alpha value is -1.40. The summed E-state index contributed by atoms with van der Waals surface area (Å²) in [6.07, 6.45) is 3.56. The molecule has 0 radical (unpaired) electrons. The molecule has 0 saturated carbocycles. The maximum absolute atomic E-state index is 10.6. The van der Waals surface area contributed by atoms with E-state index in [2.05, 4.69) is 5.10 Å². The van der Waals surface area contributed by atoms with Gasteiger partial charge in [-0.05, 0) is 6.07 Å². The molecular weight excluding hydrogens is 210 g/mol. The average molecular weight is 227 g/mol. The number of methoxy groups -OCH3 is 1. The molecule has 6 heteroatoms. The number of aromatic nitrogens is 2. The quantitative estimate of drug-likeness (QED) is 0.672. The lowest BCUT2D eigenvalue weighted by molar-refractivity contribution is -0.138. The highest BCUT2D eigenvalue weighted by atomic mass is 16.5. The predicted molar refractivity (Wildman–Crippen MR) is 58.2 cm³/mol. The Labute approximate surface area is 94.4 Å². The normalized spacial score (nSPS) is 10.9. The molecule has 1 rings (SSSR count). The van der Waals surface area contributed by atoms with Crippen LogP contribution in [0.4, 0.5) is 0 Å². The number of hydrogen-bond acceptors (Lipinski definition) is 4. The lowest BCUT2D eigenvalue weighted by Crippen LogP contribution is -2.35. The van der Waals surface area contributed by atoms with Gasteiger partial charge < -0.3 is 9.84 Å². The number of hydrogen-bond donors (Lipinski definition) is 1. The van der Waals surface area contributed by atoms with Crippen molar-refractivity contribution < 1.29 is 14.6 Å². The smallest absolute Gasteiger partial charge is 0.317 e. The van der Waals surface area contributed by atoms with Gasteiger partial charge in [0.15, 0.2) is 0 Å². The summed E-state index contributed by atoms with van der Waals surface area (Å²) in [6.45, 7) is 2.52. The number of rotatable bonds is 8. The van der Waals surface area contributed by atoms with Crippen molar-refractivity contribution in [3.8, 4) is 0 Å². The van der Waals surface area contributed by atoms with E-state index in [1.165, 1.54) is 0 Å². The highest BCUT2D eigenvalue weighted by Crippen LogP contribution is 1.92. The van der Waals surface area contributed by atoms with Gasteiger partial charge in [0.2, 0.25) is 0 Å². The van der Waals surface area contributed by atoms with Crippen LogP contribution in [0.25, 0.3) is 0 Å². The standard InChI is InChI=1S/C10H17N3O3/c1-16-8-7-12(9-10(14)15)5-6-13-4-2-3-11-13/h2-4H,5-9H2,1H3,(H,14,15). The summed E-state index contributed by atoms with van der Waals surface area (Å²) >= 11 is 0. The molecule has 0 amide bonds. The molecule has 0 aliphatic carbocycles. The zero-order valence-corrected chi connectivity index (χ0v) is 9.37. The predicted octanol–water partition coefficient (Wildman–Crippen LogP) is -0.0839. The van der Waals surface area contributed by atoms with Crippen LogP contribution in [-0.4, -0.2) is 59.1 Å². The maximum Gasteiger partial charge on any atom is 0.317 e. The molecule has 0 fully saturated rings. The van der Waals surface area contributed by atoms with Gasteiger partial charge in [0, 0.05) is 32.6 Å². The molecule has 0 spiro atoms. The van der Waals surface area contributed by atoms with Crippen LogP contribution in [0.15, 0.2) is 18.5 Å². The number of carbonyl (C=O) groups is 1. The first kappa shape index (κ1) is 12.7. The van der Waals surface area contributed by atoms with Crippen molar-refractivity contribution in [2.75, 3.05) is 33.4 Å². The lowest BCUT2D eigenvalue weighted by atomic mass is 10.4. The van der Waals surface area contributed by atoms with Crippen molar-refractivity contribution in [3.63, 3.8) is 0 Å². The van der Waals surface area contributed by atoms with Crippen molar-refractivity contribution in [3.05, 3.63) is 18.5 Å². The third-order valence-corrected chi connectivity index (χ3v) is 2.18. The SMILES string of the molecule is COCCN(CCn1cccn1)CC(=O)O. The fraction of sp³-hybridized carbons (Fsp3) is 0.600. The molecule has 0 bridgehead atoms. The summed E-state index contributed by atoms with van der Waals surface area (Å²) < 4.78 is 6.71. The molecule has 16 heavy (non-hydrogen) atoms. The largest absolute Gasteiger partial charge is 0.480 e. The molecular formula is C10H17N3O3. The minimum Gasteiger partial charge on any atom is -0.480 e. The second-order valence-electron chi connectivity index (χ2n) is 3.43. The van der Waals surface area contributed by atoms with Crippen molar-refractivity contribution in [2.45, 2.75) is 6.54 Å². The van der Waals surface area contributed by atoms with Crippen LogP contribution >= 0.6 is 0 Å². The first-order valence-corrected chi connectivity index (χ1v) is 5.13. The Morgan fingerprint density at radius 2 is 2.38 bits per heavy atom. The van der Waals surface area contributed by atoms with Gasteiger partial charge in [0.05, 0.1) is 19.7 Å². The molecule has 0 aliphatic rings. The van der Waals surface area contributed by atoms with Crippen LogP contribution < -0.4 is 0 Å². The Morgan fingerprint density at radius 3 is 2.94 bits per heavy atom. The molecule has 1 heterocycles. The van der Waals surface area contributed by atoms with E-state index in [0.29, 0.717) is 26.2 Å². The molecule has 0 unspecified atom stereocenters. The molecule has 6 nitrogen and oxygen atoms in total. The van der Waals surface area contributed by atoms with Gasteiger partial charge in [0.1, 0.15) is 0 Å². The van der Waals surface area contributed by atoms with E-state index in [1.54, 1.807) is 18.0 Å². The van der Waals surface area contributed by atoms with Crippen molar-refractivity contribution in [1.82, 2.24) is 14.7 Å². The van der Waals surface area contributed by atoms with Crippen LogP contribution in [0.1, 0.15) is 0 Å². The van der Waals surface area contributed by atoms with Gasteiger partial charge in [-0.2, -0.15) is 5.10 Å². The van der Waals surface area contributed by atoms with Crippen molar-refractivity contribution >= 4 is 5.97 Å². The van der Waals surface area contributed by atoms with E-state index >= 15 is 0 Å². The minimum absolute atomic E-state index is 0.0324. The molecule has 90 valence electrons. The third-order valence-electron chi connectivity index (χ3n) is 2.18. The van der Waals surface area contributed by atoms with Gasteiger partial charge in [-0.25, -0.2) is 0 Å². The van der Waals surface area contributed by atoms with Crippen LogP contribution in [-0.2, 0) is 16.1 Å². The lowest BCUT2D eigenvalue weighted by Gasteiger charge is -2.19. The maximum atomic E-state index is 10.6. The Bertz CT molecular complexity index is 300. The van der Waals surface area contributed by atoms with Gasteiger partial charge in [-0.3, -0.25) is 14.4 Å². The molecule has 1 N–H and O–H groups in total. The number of ether oxygens (including phenoxy) is 1. The van der Waals surface area contributed by atoms with Gasteiger partial charge in [-0.1, -0.05) is 0 Å². The third kappa shape index (κ3) is 4.90. The first-order chi connectivity index (χ1) is 7.72. The summed E-state index contributed by atoms with van der Waals surface area (Å²) in [6, 6.07) is 1.84. The monoisotopic (exact) mass is 227 g/mol. The van der Waals surface area contributed by atoms with Crippen LogP contribution in [0.2, 0.25) is 0 Å². The fourth-order valence-corrected chi connectivity index (χ4v) is 1.36. The fourth-order valence-electron chi connectivity index (χ4n) is 1.36. The number of carboxylic acid groups (broad SMARTS) is 1. The zero-order chi connectivity index (χ0) is 11.8. The van der Waals surface area contributed by atoms with Crippen LogP contribution in [0.3, 0.4) is 0 Å². The van der Waals surface area contributed by atoms with Gasteiger partial charge >= 0.3 is 5.97 Å². The van der Waals surface area contributed by atoms with Crippen molar-refractivity contribution in [1.29, 1.82) is 0 Å². The molecule has 0 saturated heterocycles. The van der Waals surface area contributed by atoms with Crippen molar-refractivity contribution in [2.24, 2.45) is 0 Å². The molecule has 0 aliphatic heterocycles. The summed E-state index contributed by atoms with van der Waals surface area (Å²) in [5, 5.41) is 12.8. The molecule has 0 aromatic carbocycles. The molecule has 1 aromatic heterocycles. The molecule has 1 aromatic rings. The van der Waals surface area contributed by atoms with E-state index in [4.69, 9.17) is 9.84 Å². The average Bonchev–Trinajstić information content (AvgIpc) is 2.74. The molecule has 0 atom stereocenters. The Balaban J connectivity index is 2.33. The summed E-state index contributed by atoms with van der Waals surface area (Å²) in [7, 11) is 1.60. The highest BCUT2D eigenvalue weighted by Gasteiger charge is 2.09. The van der Waals surface area contributed by atoms with Gasteiger partial charge in [0.25, 0.3) is 0 Å². The topological polar surface area (TPSA) is 67.6 Å². The van der Waals surface area contributed by atoms with E-state index in [1.807, 2.05) is 17.2 Å². The Kier molecular flexibility index (Phi) is 5.52. The highest BCUT2D eigenvalue weighted by molar-refractivity contribution is 5.69. The minimum atomic E-state index is -0.823. The number of nitrogens with zero attached hydrogens (tertiary/aromatic N) is 3. The van der Waals surface area contributed by atoms with Crippen LogP contribution in [0, 0.1) is 0 Å². The first-order valence-electron chi connectivity index (χ1n) is 5.13. The Morgan fingerprint density at radius 1 is 1.56 bits per heavy atom. The zero-order valence-electron chi connectivity index (χ0n) is 9.37. The summed E-state index contributed by atoms with van der Waals surface area (Å²) in [5.41, 5.74) is 0. The number of aliphatic carboxylic acids is 1. The summed E-state index contributed by atoms with van der Waals surface area (Å²) in [5.74, 6) is -0.823. The summed E-state index contributed by atoms with van der Waals surface area (Å²) in [4.78, 5) is 12.5. The second-order valence-corrected chi connectivity index (χ2v) is 3.43. The second kappa shape index (κ2) is 6.97.